The molecule has 41 heavy (non-hydrogen) atoms. The molecule has 0 aliphatic heterocycles. The van der Waals surface area contributed by atoms with Gasteiger partial charge in [-0.25, -0.2) is 5.43 Å². The molecular weight excluding hydrogens is 571 g/mol. The topological polar surface area (TPSA) is 153 Å². The second-order valence-corrected chi connectivity index (χ2v) is 9.13. The molecule has 12 nitrogen and oxygen atoms in total. The number of non-ortho nitro benzene ring substituents is 1. The minimum Gasteiger partial charge on any atom is -0.497 e. The summed E-state index contributed by atoms with van der Waals surface area (Å²) < 4.78 is 11.0. The molecule has 0 bridgehead atoms. The molecule has 0 aliphatic carbocycles. The van der Waals surface area contributed by atoms with Gasteiger partial charge in [-0.3, -0.25) is 10.1 Å². The average Bonchev–Trinajstić information content (AvgIpc) is 3.42. The molecule has 2 heterocycles. The Morgan fingerprint density at radius 3 is 2.12 bits per heavy atom. The molecule has 14 heteroatoms. The number of hydrogen-bond acceptors (Lipinski definition) is 11. The first-order chi connectivity index (χ1) is 19.9. The molecule has 0 saturated heterocycles. The summed E-state index contributed by atoms with van der Waals surface area (Å²) >= 11 is 12.3. The Kier molecular flexibility index (Phi) is 8.23. The molecule has 0 unspecified atom stereocenters. The number of halogens is 2. The van der Waals surface area contributed by atoms with Gasteiger partial charge in [0.15, 0.2) is 0 Å². The van der Waals surface area contributed by atoms with Crippen LogP contribution in [-0.2, 0) is 0 Å². The highest BCUT2D eigenvalue weighted by atomic mass is 35.5. The third-order valence-corrected chi connectivity index (χ3v) is 6.04. The van der Waals surface area contributed by atoms with E-state index in [0.717, 1.165) is 0 Å². The van der Waals surface area contributed by atoms with Gasteiger partial charge in [0.25, 0.3) is 5.69 Å². The van der Waals surface area contributed by atoms with E-state index in [9.17, 15) is 10.1 Å². The third-order valence-electron chi connectivity index (χ3n) is 5.50. The number of nitrogens with zero attached hydrogens (tertiary/aromatic N) is 5. The van der Waals surface area contributed by atoms with Crippen LogP contribution in [0.15, 0.2) is 88.4 Å². The number of methoxy groups -OCH3 is 1. The maximum Gasteiger partial charge on any atom is 0.269 e. The van der Waals surface area contributed by atoms with Gasteiger partial charge in [-0.1, -0.05) is 23.2 Å². The molecule has 2 aromatic heterocycles. The molecule has 206 valence electrons. The Labute approximate surface area is 243 Å². The number of aromatic nitrogens is 3. The monoisotopic (exact) mass is 590 g/mol. The van der Waals surface area contributed by atoms with Crippen LogP contribution >= 0.6 is 23.2 Å². The number of anilines is 5. The van der Waals surface area contributed by atoms with Crippen molar-refractivity contribution in [1.29, 1.82) is 0 Å². The predicted octanol–water partition coefficient (Wildman–Crippen LogP) is 7.29. The molecular formula is C27H20Cl2N8O4. The zero-order valence-electron chi connectivity index (χ0n) is 21.2. The normalized spacial score (nSPS) is 10.9. The number of hydrogen-bond donors (Lipinski definition) is 3. The summed E-state index contributed by atoms with van der Waals surface area (Å²) in [6, 6.07) is 21.7. The van der Waals surface area contributed by atoms with Gasteiger partial charge in [-0.05, 0) is 66.7 Å². The molecule has 0 aliphatic rings. The summed E-state index contributed by atoms with van der Waals surface area (Å²) in [5.74, 6) is 2.19. The quantitative estimate of drug-likeness (QED) is 0.0857. The molecule has 5 aromatic rings. The summed E-state index contributed by atoms with van der Waals surface area (Å²) in [5, 5.41) is 22.3. The maximum atomic E-state index is 11.0. The van der Waals surface area contributed by atoms with Crippen molar-refractivity contribution in [3.8, 4) is 17.1 Å². The Bertz CT molecular complexity index is 1710. The van der Waals surface area contributed by atoms with Crippen LogP contribution < -0.4 is 20.8 Å². The van der Waals surface area contributed by atoms with Crippen molar-refractivity contribution in [3.63, 3.8) is 0 Å². The van der Waals surface area contributed by atoms with Crippen molar-refractivity contribution in [1.82, 2.24) is 15.0 Å². The number of hydrazone groups is 1. The Hall–Kier alpha value is -5.20. The van der Waals surface area contributed by atoms with Gasteiger partial charge in [0, 0.05) is 34.1 Å². The Morgan fingerprint density at radius 2 is 1.51 bits per heavy atom. The summed E-state index contributed by atoms with van der Waals surface area (Å²) in [7, 11) is 1.58. The molecule has 0 spiro atoms. The van der Waals surface area contributed by atoms with E-state index in [0.29, 0.717) is 44.3 Å². The summed E-state index contributed by atoms with van der Waals surface area (Å²) in [6.07, 6.45) is 1.46. The lowest BCUT2D eigenvalue weighted by molar-refractivity contribution is -0.384. The van der Waals surface area contributed by atoms with Crippen LogP contribution in [0.3, 0.4) is 0 Å². The van der Waals surface area contributed by atoms with E-state index in [-0.39, 0.29) is 23.5 Å². The average molecular weight is 591 g/mol. The van der Waals surface area contributed by atoms with Crippen molar-refractivity contribution in [2.75, 3.05) is 23.2 Å². The van der Waals surface area contributed by atoms with Crippen molar-refractivity contribution in [2.24, 2.45) is 5.10 Å². The molecule has 3 N–H and O–H groups in total. The number of nitro benzene ring substituents is 1. The number of ether oxygens (including phenoxy) is 1. The second kappa shape index (κ2) is 12.3. The van der Waals surface area contributed by atoms with Crippen LogP contribution in [-0.4, -0.2) is 33.2 Å². The van der Waals surface area contributed by atoms with E-state index in [4.69, 9.17) is 32.4 Å². The fourth-order valence-electron chi connectivity index (χ4n) is 3.55. The number of nitrogens with one attached hydrogen (secondary N) is 3. The predicted molar refractivity (Wildman–Crippen MR) is 158 cm³/mol. The smallest absolute Gasteiger partial charge is 0.269 e. The van der Waals surface area contributed by atoms with E-state index in [1.54, 1.807) is 73.8 Å². The lowest BCUT2D eigenvalue weighted by Gasteiger charge is -2.10. The maximum absolute atomic E-state index is 11.0. The van der Waals surface area contributed by atoms with Crippen LogP contribution in [0, 0.1) is 10.1 Å². The fraction of sp³-hybridized carbons (Fsp3) is 0.0370. The van der Waals surface area contributed by atoms with Crippen molar-refractivity contribution in [2.45, 2.75) is 0 Å². The van der Waals surface area contributed by atoms with Gasteiger partial charge in [0.05, 0.1) is 23.3 Å². The second-order valence-electron chi connectivity index (χ2n) is 8.28. The first kappa shape index (κ1) is 27.4. The van der Waals surface area contributed by atoms with Gasteiger partial charge in [-0.2, -0.15) is 20.1 Å². The number of nitro groups is 1. The standard InChI is InChI=1S/C27H20Cl2N8O4/c1-40-20-9-5-18(6-10-20)32-26-33-25(31-17-3-7-19(8-4-17)37(38)39)34-27(35-26)36-30-15-21-11-13-24(41-21)22-12-2-16(28)14-23(22)29/h2-15H,1H3,(H3,31,32,33,34,35,36)/b30-15-. The van der Waals surface area contributed by atoms with Gasteiger partial charge in [0.2, 0.25) is 17.8 Å². The number of furan rings is 1. The number of benzene rings is 3. The molecule has 5 rings (SSSR count). The van der Waals surface area contributed by atoms with E-state index in [2.05, 4.69) is 36.1 Å². The van der Waals surface area contributed by atoms with Gasteiger partial charge in [0.1, 0.15) is 17.3 Å². The van der Waals surface area contributed by atoms with Crippen LogP contribution in [0.4, 0.5) is 34.9 Å². The number of rotatable bonds is 10. The zero-order valence-corrected chi connectivity index (χ0v) is 22.7. The SMILES string of the molecule is COc1ccc(Nc2nc(N/N=C\c3ccc(-c4ccc(Cl)cc4Cl)o3)nc(Nc3ccc([N+](=O)[O-])cc3)n2)cc1. The highest BCUT2D eigenvalue weighted by Gasteiger charge is 2.11. The van der Waals surface area contributed by atoms with Gasteiger partial charge in [-0.15, -0.1) is 0 Å². The Balaban J connectivity index is 1.36. The van der Waals surface area contributed by atoms with Crippen molar-refractivity contribution in [3.05, 3.63) is 105 Å². The van der Waals surface area contributed by atoms with Gasteiger partial charge >= 0.3 is 0 Å². The van der Waals surface area contributed by atoms with Crippen LogP contribution in [0.2, 0.25) is 10.0 Å². The van der Waals surface area contributed by atoms with Crippen molar-refractivity contribution < 1.29 is 14.1 Å². The highest BCUT2D eigenvalue weighted by molar-refractivity contribution is 6.36. The zero-order chi connectivity index (χ0) is 28.8. The lowest BCUT2D eigenvalue weighted by Crippen LogP contribution is -2.07. The summed E-state index contributed by atoms with van der Waals surface area (Å²) in [4.78, 5) is 23.6. The van der Waals surface area contributed by atoms with E-state index >= 15 is 0 Å². The summed E-state index contributed by atoms with van der Waals surface area (Å²) in [5.41, 5.74) is 4.67. The minimum atomic E-state index is -0.477. The third kappa shape index (κ3) is 7.06. The van der Waals surface area contributed by atoms with Crippen LogP contribution in [0.25, 0.3) is 11.3 Å². The minimum absolute atomic E-state index is 0.0378. The van der Waals surface area contributed by atoms with E-state index < -0.39 is 4.92 Å². The summed E-state index contributed by atoms with van der Waals surface area (Å²) in [6.45, 7) is 0. The molecule has 0 atom stereocenters. The van der Waals surface area contributed by atoms with Crippen LogP contribution in [0.1, 0.15) is 5.76 Å². The van der Waals surface area contributed by atoms with E-state index in [1.165, 1.54) is 18.3 Å². The van der Waals surface area contributed by atoms with Gasteiger partial charge < -0.3 is 19.8 Å². The highest BCUT2D eigenvalue weighted by Crippen LogP contribution is 2.31. The first-order valence-corrected chi connectivity index (χ1v) is 12.6. The van der Waals surface area contributed by atoms with E-state index in [1.807, 2.05) is 0 Å². The Morgan fingerprint density at radius 1 is 0.878 bits per heavy atom. The molecule has 3 aromatic carbocycles. The first-order valence-electron chi connectivity index (χ1n) is 11.9. The fourth-order valence-corrected chi connectivity index (χ4v) is 4.05. The molecule has 0 amide bonds. The van der Waals surface area contributed by atoms with Crippen molar-refractivity contribution >= 4 is 64.3 Å². The lowest BCUT2D eigenvalue weighted by atomic mass is 10.2. The molecule has 0 fully saturated rings. The van der Waals surface area contributed by atoms with Crippen LogP contribution in [0.5, 0.6) is 5.75 Å². The molecule has 0 saturated carbocycles. The molecule has 0 radical (unpaired) electrons. The largest absolute Gasteiger partial charge is 0.497 e.